The lowest BCUT2D eigenvalue weighted by atomic mass is 10.0. The second-order valence-corrected chi connectivity index (χ2v) is 9.27. The lowest BCUT2D eigenvalue weighted by Crippen LogP contribution is -2.48. The average molecular weight is 445 g/mol. The first-order chi connectivity index (χ1) is 15.7. The lowest BCUT2D eigenvalue weighted by molar-refractivity contribution is 0.0949. The Morgan fingerprint density at radius 1 is 1.03 bits per heavy atom. The standard InChI is InChI=1S/C26H28N4OS/c1-2-19-10-11-23-24(18-19)32-26(28-23)30-16-14-29(15-17-30)13-12-27-25(31)22-9-5-7-20-6-3-4-8-21(20)22/h3-11,18H,2,12-17H2,1H3,(H,27,31). The molecule has 1 fully saturated rings. The second kappa shape index (κ2) is 9.27. The highest BCUT2D eigenvalue weighted by Crippen LogP contribution is 2.30. The van der Waals surface area contributed by atoms with Crippen LogP contribution in [0.3, 0.4) is 0 Å². The van der Waals surface area contributed by atoms with E-state index in [-0.39, 0.29) is 5.91 Å². The number of benzene rings is 3. The fourth-order valence-corrected chi connectivity index (χ4v) is 5.40. The highest BCUT2D eigenvalue weighted by atomic mass is 32.1. The largest absolute Gasteiger partial charge is 0.351 e. The number of aromatic nitrogens is 1. The molecule has 32 heavy (non-hydrogen) atoms. The fraction of sp³-hybridized carbons (Fsp3) is 0.308. The topological polar surface area (TPSA) is 48.5 Å². The minimum Gasteiger partial charge on any atom is -0.351 e. The van der Waals surface area contributed by atoms with Gasteiger partial charge in [0.2, 0.25) is 0 Å². The Labute approximate surface area is 192 Å². The summed E-state index contributed by atoms with van der Waals surface area (Å²) in [6.45, 7) is 7.62. The van der Waals surface area contributed by atoms with Crippen molar-refractivity contribution in [1.29, 1.82) is 0 Å². The molecule has 0 spiro atoms. The van der Waals surface area contributed by atoms with Gasteiger partial charge in [-0.1, -0.05) is 60.7 Å². The number of hydrogen-bond donors (Lipinski definition) is 1. The van der Waals surface area contributed by atoms with Crippen molar-refractivity contribution in [2.24, 2.45) is 0 Å². The molecule has 0 atom stereocenters. The molecule has 0 unspecified atom stereocenters. The molecule has 1 aliphatic rings. The maximum atomic E-state index is 12.7. The molecule has 1 saturated heterocycles. The number of carbonyl (C=O) groups is 1. The van der Waals surface area contributed by atoms with Crippen LogP contribution in [0.15, 0.2) is 60.7 Å². The fourth-order valence-electron chi connectivity index (χ4n) is 4.32. The molecule has 0 saturated carbocycles. The van der Waals surface area contributed by atoms with E-state index in [9.17, 15) is 4.79 Å². The van der Waals surface area contributed by atoms with E-state index in [1.54, 1.807) is 11.3 Å². The van der Waals surface area contributed by atoms with E-state index in [1.807, 2.05) is 42.5 Å². The van der Waals surface area contributed by atoms with Gasteiger partial charge in [-0.25, -0.2) is 4.98 Å². The predicted octanol–water partition coefficient (Wildman–Crippen LogP) is 4.56. The summed E-state index contributed by atoms with van der Waals surface area (Å²) < 4.78 is 1.28. The Morgan fingerprint density at radius 3 is 2.69 bits per heavy atom. The molecule has 1 amide bonds. The van der Waals surface area contributed by atoms with Crippen molar-refractivity contribution in [1.82, 2.24) is 15.2 Å². The van der Waals surface area contributed by atoms with Crippen molar-refractivity contribution in [2.75, 3.05) is 44.2 Å². The van der Waals surface area contributed by atoms with E-state index < -0.39 is 0 Å². The summed E-state index contributed by atoms with van der Waals surface area (Å²) in [7, 11) is 0. The van der Waals surface area contributed by atoms with Gasteiger partial charge in [-0.15, -0.1) is 0 Å². The van der Waals surface area contributed by atoms with Crippen LogP contribution < -0.4 is 10.2 Å². The van der Waals surface area contributed by atoms with E-state index >= 15 is 0 Å². The molecule has 0 bridgehead atoms. The number of hydrogen-bond acceptors (Lipinski definition) is 5. The van der Waals surface area contributed by atoms with Crippen LogP contribution in [0.2, 0.25) is 0 Å². The van der Waals surface area contributed by atoms with Crippen molar-refractivity contribution in [3.63, 3.8) is 0 Å². The maximum Gasteiger partial charge on any atom is 0.251 e. The summed E-state index contributed by atoms with van der Waals surface area (Å²) in [6.07, 6.45) is 1.05. The van der Waals surface area contributed by atoms with Gasteiger partial charge in [0, 0.05) is 44.8 Å². The maximum absolute atomic E-state index is 12.7. The second-order valence-electron chi connectivity index (χ2n) is 8.26. The van der Waals surface area contributed by atoms with Gasteiger partial charge in [0.1, 0.15) is 0 Å². The number of nitrogens with zero attached hydrogens (tertiary/aromatic N) is 3. The Morgan fingerprint density at radius 2 is 1.84 bits per heavy atom. The summed E-state index contributed by atoms with van der Waals surface area (Å²) >= 11 is 1.79. The summed E-state index contributed by atoms with van der Waals surface area (Å²) in [4.78, 5) is 22.4. The van der Waals surface area contributed by atoms with Gasteiger partial charge in [0.05, 0.1) is 10.2 Å². The number of fused-ring (bicyclic) bond motifs is 2. The zero-order valence-corrected chi connectivity index (χ0v) is 19.2. The van der Waals surface area contributed by atoms with Crippen LogP contribution in [0.5, 0.6) is 0 Å². The average Bonchev–Trinajstić information content (AvgIpc) is 3.27. The molecule has 5 nitrogen and oxygen atoms in total. The molecule has 0 radical (unpaired) electrons. The highest BCUT2D eigenvalue weighted by molar-refractivity contribution is 7.22. The number of rotatable bonds is 6. The van der Waals surface area contributed by atoms with E-state index in [0.29, 0.717) is 6.54 Å². The monoisotopic (exact) mass is 444 g/mol. The van der Waals surface area contributed by atoms with Crippen LogP contribution in [-0.2, 0) is 6.42 Å². The summed E-state index contributed by atoms with van der Waals surface area (Å²) in [5.74, 6) is 0.00126. The third kappa shape index (κ3) is 4.33. The molecule has 3 aromatic carbocycles. The Kier molecular flexibility index (Phi) is 6.06. The van der Waals surface area contributed by atoms with Gasteiger partial charge < -0.3 is 10.2 Å². The number of carbonyl (C=O) groups excluding carboxylic acids is 1. The third-order valence-corrected chi connectivity index (χ3v) is 7.32. The molecule has 1 aliphatic heterocycles. The molecule has 1 aromatic heterocycles. The molecular weight excluding hydrogens is 416 g/mol. The Bertz CT molecular complexity index is 1240. The summed E-state index contributed by atoms with van der Waals surface area (Å²) in [5.41, 5.74) is 3.21. The number of amides is 1. The molecule has 2 heterocycles. The minimum absolute atomic E-state index is 0.00126. The predicted molar refractivity (Wildman–Crippen MR) is 134 cm³/mol. The molecule has 0 aliphatic carbocycles. The van der Waals surface area contributed by atoms with Crippen molar-refractivity contribution < 1.29 is 4.79 Å². The number of aryl methyl sites for hydroxylation is 1. The van der Waals surface area contributed by atoms with Crippen LogP contribution >= 0.6 is 11.3 Å². The molecule has 4 aromatic rings. The van der Waals surface area contributed by atoms with Gasteiger partial charge in [0.15, 0.2) is 5.13 Å². The van der Waals surface area contributed by atoms with Crippen LogP contribution in [0, 0.1) is 0 Å². The first-order valence-corrected chi connectivity index (χ1v) is 12.2. The summed E-state index contributed by atoms with van der Waals surface area (Å²) in [5, 5.41) is 6.32. The van der Waals surface area contributed by atoms with Crippen LogP contribution in [0.25, 0.3) is 21.0 Å². The van der Waals surface area contributed by atoms with Gasteiger partial charge in [-0.2, -0.15) is 0 Å². The smallest absolute Gasteiger partial charge is 0.251 e. The van der Waals surface area contributed by atoms with Gasteiger partial charge in [0.25, 0.3) is 5.91 Å². The van der Waals surface area contributed by atoms with Crippen molar-refractivity contribution in [2.45, 2.75) is 13.3 Å². The number of anilines is 1. The Hall–Kier alpha value is -2.96. The zero-order chi connectivity index (χ0) is 21.9. The first kappa shape index (κ1) is 20.9. The molecular formula is C26H28N4OS. The van der Waals surface area contributed by atoms with Crippen LogP contribution in [0.4, 0.5) is 5.13 Å². The van der Waals surface area contributed by atoms with Crippen LogP contribution in [-0.4, -0.2) is 55.1 Å². The highest BCUT2D eigenvalue weighted by Gasteiger charge is 2.20. The van der Waals surface area contributed by atoms with E-state index in [0.717, 1.165) is 66.1 Å². The van der Waals surface area contributed by atoms with Crippen molar-refractivity contribution in [3.8, 4) is 0 Å². The van der Waals surface area contributed by atoms with Crippen LogP contribution in [0.1, 0.15) is 22.8 Å². The molecule has 5 rings (SSSR count). The quantitative estimate of drug-likeness (QED) is 0.474. The van der Waals surface area contributed by atoms with Crippen molar-refractivity contribution >= 4 is 43.4 Å². The molecule has 1 N–H and O–H groups in total. The van der Waals surface area contributed by atoms with Gasteiger partial charge in [-0.3, -0.25) is 9.69 Å². The zero-order valence-electron chi connectivity index (χ0n) is 18.4. The van der Waals surface area contributed by atoms with Crippen molar-refractivity contribution in [3.05, 3.63) is 71.8 Å². The third-order valence-electron chi connectivity index (χ3n) is 6.24. The minimum atomic E-state index is 0.00126. The molecule has 6 heteroatoms. The first-order valence-electron chi connectivity index (χ1n) is 11.3. The normalized spacial score (nSPS) is 14.8. The van der Waals surface area contributed by atoms with E-state index in [4.69, 9.17) is 4.98 Å². The number of thiazole rings is 1. The summed E-state index contributed by atoms with van der Waals surface area (Å²) in [6, 6.07) is 20.5. The SMILES string of the molecule is CCc1ccc2nc(N3CCN(CCNC(=O)c4cccc5ccccc45)CC3)sc2c1. The Balaban J connectivity index is 1.13. The van der Waals surface area contributed by atoms with E-state index in [1.165, 1.54) is 10.3 Å². The number of piperazine rings is 1. The van der Waals surface area contributed by atoms with Gasteiger partial charge in [-0.05, 0) is 41.0 Å². The number of nitrogens with one attached hydrogen (secondary N) is 1. The molecule has 164 valence electrons. The van der Waals surface area contributed by atoms with E-state index in [2.05, 4.69) is 40.2 Å². The lowest BCUT2D eigenvalue weighted by Gasteiger charge is -2.34. The van der Waals surface area contributed by atoms with Gasteiger partial charge >= 0.3 is 0 Å².